The molecule has 12 heteroatoms. The summed E-state index contributed by atoms with van der Waals surface area (Å²) in [5.41, 5.74) is 1.87. The molecule has 5 rings (SSSR count). The first-order valence-corrected chi connectivity index (χ1v) is 17.4. The molecule has 1 aliphatic heterocycles. The van der Waals surface area contributed by atoms with Gasteiger partial charge in [0.1, 0.15) is 23.4 Å². The van der Waals surface area contributed by atoms with E-state index in [-0.39, 0.29) is 13.1 Å². The quantitative estimate of drug-likeness (QED) is 0.207. The molecule has 0 radical (unpaired) electrons. The lowest BCUT2D eigenvalue weighted by Crippen LogP contribution is -2.57. The van der Waals surface area contributed by atoms with Crippen LogP contribution in [0.25, 0.3) is 10.8 Å². The molecule has 268 valence electrons. The molecule has 0 bridgehead atoms. The van der Waals surface area contributed by atoms with Crippen LogP contribution in [0.3, 0.4) is 0 Å². The van der Waals surface area contributed by atoms with Crippen LogP contribution in [0, 0.1) is 0 Å². The summed E-state index contributed by atoms with van der Waals surface area (Å²) >= 11 is 3.54. The second-order valence-electron chi connectivity index (χ2n) is 13.6. The smallest absolute Gasteiger partial charge is 0.410 e. The number of hydrogen-bond acceptors (Lipinski definition) is 7. The van der Waals surface area contributed by atoms with Crippen molar-refractivity contribution in [2.24, 2.45) is 0 Å². The maximum Gasteiger partial charge on any atom is 0.410 e. The molecule has 11 nitrogen and oxygen atoms in total. The van der Waals surface area contributed by atoms with Crippen molar-refractivity contribution in [2.45, 2.75) is 65.0 Å². The summed E-state index contributed by atoms with van der Waals surface area (Å²) in [6.45, 7) is 8.23. The van der Waals surface area contributed by atoms with E-state index in [2.05, 4.69) is 21.2 Å². The fourth-order valence-electron chi connectivity index (χ4n) is 5.93. The molecule has 0 aromatic heterocycles. The highest BCUT2D eigenvalue weighted by molar-refractivity contribution is 9.10. The SMILES string of the molecule is COc1ccc2cc(Br)ccc2c1CN1C(=O)C(NC(=O)[C@H](C)N(C)C(=O)OC(C)(C)C)CN(C(=O)c2ccc(C(C)O)cc2)c2ccccc21. The summed E-state index contributed by atoms with van der Waals surface area (Å²) in [6, 6.07) is 21.1. The Labute approximate surface area is 306 Å². The van der Waals surface area contributed by atoms with Gasteiger partial charge in [-0.05, 0) is 93.4 Å². The minimum absolute atomic E-state index is 0.0584. The summed E-state index contributed by atoms with van der Waals surface area (Å²) in [4.78, 5) is 59.9. The van der Waals surface area contributed by atoms with Crippen molar-refractivity contribution in [2.75, 3.05) is 30.5 Å². The minimum atomic E-state index is -1.21. The van der Waals surface area contributed by atoms with Crippen molar-refractivity contribution in [3.8, 4) is 5.75 Å². The summed E-state index contributed by atoms with van der Waals surface area (Å²) in [5, 5.41) is 14.7. The zero-order chi connectivity index (χ0) is 37.2. The molecule has 4 amide bonds. The molecule has 1 heterocycles. The number of likely N-dealkylation sites (N-methyl/N-ethyl adjacent to an activating group) is 1. The van der Waals surface area contributed by atoms with Crippen molar-refractivity contribution in [1.82, 2.24) is 10.2 Å². The molecule has 0 spiro atoms. The monoisotopic (exact) mass is 758 g/mol. The molecule has 3 atom stereocenters. The molecule has 0 aliphatic carbocycles. The zero-order valence-electron chi connectivity index (χ0n) is 29.8. The van der Waals surface area contributed by atoms with E-state index in [1.165, 1.54) is 16.8 Å². The first-order chi connectivity index (χ1) is 24.1. The molecular formula is C39H43BrN4O7. The number of carbonyl (C=O) groups excluding carboxylic acids is 4. The maximum atomic E-state index is 14.8. The van der Waals surface area contributed by atoms with Gasteiger partial charge in [-0.3, -0.25) is 19.3 Å². The molecule has 0 fully saturated rings. The van der Waals surface area contributed by atoms with Crippen molar-refractivity contribution in [3.05, 3.63) is 100 Å². The van der Waals surface area contributed by atoms with E-state index >= 15 is 0 Å². The van der Waals surface area contributed by atoms with Crippen LogP contribution in [-0.2, 0) is 20.9 Å². The maximum absolute atomic E-state index is 14.8. The molecule has 4 aromatic carbocycles. The third kappa shape index (κ3) is 8.18. The number of nitrogens with zero attached hydrogens (tertiary/aromatic N) is 3. The highest BCUT2D eigenvalue weighted by atomic mass is 79.9. The van der Waals surface area contributed by atoms with Gasteiger partial charge in [0.2, 0.25) is 5.91 Å². The largest absolute Gasteiger partial charge is 0.496 e. The lowest BCUT2D eigenvalue weighted by Gasteiger charge is -2.30. The molecule has 1 aliphatic rings. The van der Waals surface area contributed by atoms with Crippen LogP contribution >= 0.6 is 15.9 Å². The second-order valence-corrected chi connectivity index (χ2v) is 14.5. The third-order valence-electron chi connectivity index (χ3n) is 8.82. The van der Waals surface area contributed by atoms with E-state index in [0.717, 1.165) is 20.8 Å². The molecule has 4 aromatic rings. The van der Waals surface area contributed by atoms with E-state index in [1.54, 1.807) is 95.2 Å². The van der Waals surface area contributed by atoms with Crippen LogP contribution in [0.2, 0.25) is 0 Å². The van der Waals surface area contributed by atoms with E-state index in [4.69, 9.17) is 9.47 Å². The summed E-state index contributed by atoms with van der Waals surface area (Å²) < 4.78 is 12.1. The van der Waals surface area contributed by atoms with Gasteiger partial charge < -0.3 is 29.7 Å². The van der Waals surface area contributed by atoms with E-state index < -0.39 is 47.6 Å². The van der Waals surface area contributed by atoms with Crippen molar-refractivity contribution >= 4 is 61.9 Å². The number of nitrogens with one attached hydrogen (secondary N) is 1. The Hall–Kier alpha value is -4.94. The summed E-state index contributed by atoms with van der Waals surface area (Å²) in [6.07, 6.45) is -1.41. The fraction of sp³-hybridized carbons (Fsp3) is 0.333. The lowest BCUT2D eigenvalue weighted by molar-refractivity contribution is -0.130. The van der Waals surface area contributed by atoms with Crippen molar-refractivity contribution < 1.29 is 33.8 Å². The number of aliphatic hydroxyl groups is 1. The summed E-state index contributed by atoms with van der Waals surface area (Å²) in [7, 11) is 3.02. The van der Waals surface area contributed by atoms with E-state index in [1.807, 2.05) is 30.3 Å². The number of anilines is 2. The molecule has 2 unspecified atom stereocenters. The van der Waals surface area contributed by atoms with Crippen LogP contribution in [0.15, 0.2) is 83.3 Å². The van der Waals surface area contributed by atoms with Gasteiger partial charge in [-0.2, -0.15) is 0 Å². The molecular weight excluding hydrogens is 716 g/mol. The van der Waals surface area contributed by atoms with E-state index in [9.17, 15) is 24.3 Å². The molecule has 0 saturated heterocycles. The number of fused-ring (bicyclic) bond motifs is 2. The van der Waals surface area contributed by atoms with Crippen LogP contribution in [0.5, 0.6) is 5.75 Å². The number of benzene rings is 4. The number of methoxy groups -OCH3 is 1. The highest BCUT2D eigenvalue weighted by Crippen LogP contribution is 2.38. The predicted molar refractivity (Wildman–Crippen MR) is 200 cm³/mol. The second kappa shape index (κ2) is 15.1. The number of carbonyl (C=O) groups is 4. The van der Waals surface area contributed by atoms with Gasteiger partial charge in [0.15, 0.2) is 0 Å². The van der Waals surface area contributed by atoms with E-state index in [0.29, 0.717) is 28.3 Å². The van der Waals surface area contributed by atoms with Crippen LogP contribution < -0.4 is 19.9 Å². The average Bonchev–Trinajstić information content (AvgIpc) is 3.20. The standard InChI is InChI=1S/C39H43BrN4O7/c1-23(42(6)38(49)51-39(3,4)5)35(46)41-31-22-44(36(47)26-14-12-25(13-15-26)24(2)45)33-11-9-8-10-32(33)43(37(31)48)21-30-29-18-17-28(40)20-27(29)16-19-34(30)50-7/h8-20,23-24,31,45H,21-22H2,1-7H3,(H,41,46)/t23-,24?,31?/m0/s1. The number of ether oxygens (including phenoxy) is 2. The van der Waals surface area contributed by atoms with Gasteiger partial charge in [-0.15, -0.1) is 0 Å². The number of para-hydroxylation sites is 2. The fourth-order valence-corrected chi connectivity index (χ4v) is 6.31. The number of rotatable bonds is 8. The Morgan fingerprint density at radius 3 is 2.29 bits per heavy atom. The first-order valence-electron chi connectivity index (χ1n) is 16.6. The van der Waals surface area contributed by atoms with Gasteiger partial charge >= 0.3 is 6.09 Å². The molecule has 2 N–H and O–H groups in total. The number of aliphatic hydroxyl groups excluding tert-OH is 1. The van der Waals surface area contributed by atoms with Gasteiger partial charge in [0.05, 0.1) is 37.7 Å². The predicted octanol–water partition coefficient (Wildman–Crippen LogP) is 6.60. The Morgan fingerprint density at radius 1 is 1.00 bits per heavy atom. The van der Waals surface area contributed by atoms with Gasteiger partial charge in [-0.1, -0.05) is 52.3 Å². The molecule has 0 saturated carbocycles. The average molecular weight is 760 g/mol. The van der Waals surface area contributed by atoms with Crippen LogP contribution in [0.4, 0.5) is 16.2 Å². The Balaban J connectivity index is 1.59. The van der Waals surface area contributed by atoms with Gasteiger partial charge in [0.25, 0.3) is 11.8 Å². The molecule has 51 heavy (non-hydrogen) atoms. The zero-order valence-corrected chi connectivity index (χ0v) is 31.4. The number of amides is 4. The number of hydrogen-bond donors (Lipinski definition) is 2. The lowest BCUT2D eigenvalue weighted by atomic mass is 10.0. The van der Waals surface area contributed by atoms with Crippen LogP contribution in [-0.4, -0.2) is 72.2 Å². The van der Waals surface area contributed by atoms with Crippen molar-refractivity contribution in [3.63, 3.8) is 0 Å². The minimum Gasteiger partial charge on any atom is -0.496 e. The van der Waals surface area contributed by atoms with Crippen LogP contribution in [0.1, 0.15) is 62.2 Å². The normalized spacial score (nSPS) is 15.8. The number of halogens is 1. The highest BCUT2D eigenvalue weighted by Gasteiger charge is 2.39. The summed E-state index contributed by atoms with van der Waals surface area (Å²) in [5.74, 6) is -0.897. The van der Waals surface area contributed by atoms with Crippen molar-refractivity contribution in [1.29, 1.82) is 0 Å². The first kappa shape index (κ1) is 37.3. The Morgan fingerprint density at radius 2 is 1.67 bits per heavy atom. The topological polar surface area (TPSA) is 129 Å². The van der Waals surface area contributed by atoms with Gasteiger partial charge in [0, 0.05) is 22.6 Å². The van der Waals surface area contributed by atoms with Gasteiger partial charge in [-0.25, -0.2) is 4.79 Å². The Kier molecular flexibility index (Phi) is 11.1. The third-order valence-corrected chi connectivity index (χ3v) is 9.32. The Bertz CT molecular complexity index is 1960.